The van der Waals surface area contributed by atoms with E-state index in [0.29, 0.717) is 17.9 Å². The summed E-state index contributed by atoms with van der Waals surface area (Å²) in [7, 11) is 0. The number of aliphatic hydroxyl groups excluding tert-OH is 1. The van der Waals surface area contributed by atoms with Gasteiger partial charge in [0.2, 0.25) is 0 Å². The summed E-state index contributed by atoms with van der Waals surface area (Å²) in [5.74, 6) is 0.817. The summed E-state index contributed by atoms with van der Waals surface area (Å²) in [4.78, 5) is 12.1. The first-order chi connectivity index (χ1) is 10.3. The smallest absolute Gasteiger partial charge is 0.273 e. The highest BCUT2D eigenvalue weighted by Gasteiger charge is 2.23. The number of carbonyl (C=O) groups is 1. The van der Waals surface area contributed by atoms with Crippen LogP contribution in [-0.4, -0.2) is 22.2 Å². The van der Waals surface area contributed by atoms with E-state index in [2.05, 4.69) is 10.5 Å². The minimum absolute atomic E-state index is 0.202. The molecule has 0 radical (unpaired) electrons. The van der Waals surface area contributed by atoms with Crippen LogP contribution in [0.2, 0.25) is 0 Å². The number of hydrogen-bond acceptors (Lipinski definition) is 5. The van der Waals surface area contributed by atoms with Gasteiger partial charge in [0.1, 0.15) is 17.6 Å². The maximum absolute atomic E-state index is 12.1. The first-order valence-corrected chi connectivity index (χ1v) is 7.27. The molecule has 2 rings (SSSR count). The summed E-state index contributed by atoms with van der Waals surface area (Å²) < 4.78 is 10.3. The molecule has 2 atom stereocenters. The van der Waals surface area contributed by atoms with Crippen LogP contribution in [0.5, 0.6) is 0 Å². The molecule has 2 heterocycles. The van der Waals surface area contributed by atoms with Gasteiger partial charge in [-0.05, 0) is 19.1 Å². The molecule has 0 saturated carbocycles. The average Bonchev–Trinajstić information content (AvgIpc) is 3.09. The van der Waals surface area contributed by atoms with Gasteiger partial charge >= 0.3 is 0 Å². The quantitative estimate of drug-likeness (QED) is 0.886. The standard InChI is InChI=1S/C16H22N2O4/c1-10(8-12(19)13-6-5-7-21-13)17-15(20)11-9-14(22-18-11)16(2,3)4/h5-7,9-10,12,19H,8H2,1-4H3,(H,17,20). The Morgan fingerprint density at radius 1 is 1.45 bits per heavy atom. The Labute approximate surface area is 129 Å². The Kier molecular flexibility index (Phi) is 4.71. The van der Waals surface area contributed by atoms with Gasteiger partial charge in [-0.3, -0.25) is 4.79 Å². The summed E-state index contributed by atoms with van der Waals surface area (Å²) in [6, 6.07) is 4.82. The molecule has 120 valence electrons. The molecule has 0 aliphatic heterocycles. The third kappa shape index (κ3) is 3.98. The van der Waals surface area contributed by atoms with Gasteiger partial charge in [-0.2, -0.15) is 0 Å². The predicted octanol–water partition coefficient (Wildman–Crippen LogP) is 2.81. The fourth-order valence-electron chi connectivity index (χ4n) is 2.02. The number of aromatic nitrogens is 1. The van der Waals surface area contributed by atoms with Crippen LogP contribution in [0.25, 0.3) is 0 Å². The van der Waals surface area contributed by atoms with Crippen LogP contribution in [0.1, 0.15) is 62.2 Å². The fraction of sp³-hybridized carbons (Fsp3) is 0.500. The molecule has 22 heavy (non-hydrogen) atoms. The second-order valence-corrected chi connectivity index (χ2v) is 6.47. The minimum atomic E-state index is -0.757. The van der Waals surface area contributed by atoms with E-state index in [0.717, 1.165) is 0 Å². The zero-order valence-corrected chi connectivity index (χ0v) is 13.3. The molecule has 2 aromatic heterocycles. The van der Waals surface area contributed by atoms with Gasteiger partial charge in [-0.15, -0.1) is 0 Å². The number of hydrogen-bond donors (Lipinski definition) is 2. The topological polar surface area (TPSA) is 88.5 Å². The van der Waals surface area contributed by atoms with Crippen molar-refractivity contribution in [1.82, 2.24) is 10.5 Å². The van der Waals surface area contributed by atoms with E-state index in [-0.39, 0.29) is 23.1 Å². The van der Waals surface area contributed by atoms with Crippen LogP contribution in [0.4, 0.5) is 0 Å². The van der Waals surface area contributed by atoms with Crippen LogP contribution in [0.3, 0.4) is 0 Å². The zero-order chi connectivity index (χ0) is 16.3. The Balaban J connectivity index is 1.92. The van der Waals surface area contributed by atoms with Gasteiger partial charge < -0.3 is 19.4 Å². The largest absolute Gasteiger partial charge is 0.467 e. The van der Waals surface area contributed by atoms with Gasteiger partial charge in [0.25, 0.3) is 5.91 Å². The van der Waals surface area contributed by atoms with Crippen molar-refractivity contribution in [2.24, 2.45) is 0 Å². The van der Waals surface area contributed by atoms with Crippen molar-refractivity contribution < 1.29 is 18.8 Å². The second-order valence-electron chi connectivity index (χ2n) is 6.47. The molecular formula is C16H22N2O4. The molecule has 0 bridgehead atoms. The number of amides is 1. The Hall–Kier alpha value is -2.08. The van der Waals surface area contributed by atoms with Gasteiger partial charge in [0, 0.05) is 23.9 Å². The van der Waals surface area contributed by atoms with Crippen molar-refractivity contribution >= 4 is 5.91 Å². The first-order valence-electron chi connectivity index (χ1n) is 7.27. The van der Waals surface area contributed by atoms with Crippen LogP contribution < -0.4 is 5.32 Å². The molecule has 0 saturated heterocycles. The predicted molar refractivity (Wildman–Crippen MR) is 80.4 cm³/mol. The van der Waals surface area contributed by atoms with Crippen LogP contribution in [0.15, 0.2) is 33.4 Å². The minimum Gasteiger partial charge on any atom is -0.467 e. The molecule has 0 aliphatic carbocycles. The average molecular weight is 306 g/mol. The van der Waals surface area contributed by atoms with E-state index >= 15 is 0 Å². The molecule has 0 fully saturated rings. The van der Waals surface area contributed by atoms with Gasteiger partial charge in [0.15, 0.2) is 5.69 Å². The van der Waals surface area contributed by atoms with Crippen LogP contribution >= 0.6 is 0 Å². The van der Waals surface area contributed by atoms with E-state index in [1.807, 2.05) is 27.7 Å². The van der Waals surface area contributed by atoms with Crippen molar-refractivity contribution in [2.75, 3.05) is 0 Å². The van der Waals surface area contributed by atoms with Crippen LogP contribution in [-0.2, 0) is 5.41 Å². The number of carbonyl (C=O) groups excluding carboxylic acids is 1. The molecule has 6 heteroatoms. The molecule has 0 spiro atoms. The van der Waals surface area contributed by atoms with E-state index in [4.69, 9.17) is 8.94 Å². The van der Waals surface area contributed by atoms with Gasteiger partial charge in [0.05, 0.1) is 6.26 Å². The SMILES string of the molecule is CC(CC(O)c1ccco1)NC(=O)c1cc(C(C)(C)C)on1. The number of nitrogens with one attached hydrogen (secondary N) is 1. The lowest BCUT2D eigenvalue weighted by molar-refractivity contribution is 0.0894. The molecule has 6 nitrogen and oxygen atoms in total. The summed E-state index contributed by atoms with van der Waals surface area (Å²) in [5.41, 5.74) is 0.0383. The Morgan fingerprint density at radius 2 is 2.18 bits per heavy atom. The lowest BCUT2D eigenvalue weighted by Gasteiger charge is -2.15. The Morgan fingerprint density at radius 3 is 2.73 bits per heavy atom. The van der Waals surface area contributed by atoms with Crippen molar-refractivity contribution in [2.45, 2.75) is 51.7 Å². The lowest BCUT2D eigenvalue weighted by atomic mass is 9.93. The zero-order valence-electron chi connectivity index (χ0n) is 13.3. The highest BCUT2D eigenvalue weighted by Crippen LogP contribution is 2.23. The van der Waals surface area contributed by atoms with E-state index in [1.165, 1.54) is 6.26 Å². The van der Waals surface area contributed by atoms with E-state index in [1.54, 1.807) is 18.2 Å². The van der Waals surface area contributed by atoms with Crippen molar-refractivity contribution in [3.63, 3.8) is 0 Å². The molecular weight excluding hydrogens is 284 g/mol. The number of furan rings is 1. The van der Waals surface area contributed by atoms with Crippen molar-refractivity contribution in [3.05, 3.63) is 41.7 Å². The summed E-state index contributed by atoms with van der Waals surface area (Å²) >= 11 is 0. The molecule has 0 aromatic carbocycles. The van der Waals surface area contributed by atoms with Gasteiger partial charge in [-0.25, -0.2) is 0 Å². The second kappa shape index (κ2) is 6.36. The van der Waals surface area contributed by atoms with Crippen LogP contribution in [0, 0.1) is 0 Å². The summed E-state index contributed by atoms with van der Waals surface area (Å²) in [6.07, 6.45) is 1.10. The van der Waals surface area contributed by atoms with Crippen molar-refractivity contribution in [3.8, 4) is 0 Å². The number of nitrogens with zero attached hydrogens (tertiary/aromatic N) is 1. The number of aliphatic hydroxyl groups is 1. The first kappa shape index (κ1) is 16.3. The molecule has 2 unspecified atom stereocenters. The lowest BCUT2D eigenvalue weighted by Crippen LogP contribution is -2.33. The van der Waals surface area contributed by atoms with E-state index < -0.39 is 6.10 Å². The number of rotatable bonds is 5. The third-order valence-corrected chi connectivity index (χ3v) is 3.31. The maximum Gasteiger partial charge on any atom is 0.273 e. The molecule has 1 amide bonds. The maximum atomic E-state index is 12.1. The summed E-state index contributed by atoms with van der Waals surface area (Å²) in [6.45, 7) is 7.77. The normalized spacial score (nSPS) is 14.6. The highest BCUT2D eigenvalue weighted by atomic mass is 16.5. The Bertz CT molecular complexity index is 610. The molecule has 0 aliphatic rings. The molecule has 2 N–H and O–H groups in total. The van der Waals surface area contributed by atoms with Gasteiger partial charge in [-0.1, -0.05) is 25.9 Å². The monoisotopic (exact) mass is 306 g/mol. The highest BCUT2D eigenvalue weighted by molar-refractivity contribution is 5.92. The fourth-order valence-corrected chi connectivity index (χ4v) is 2.02. The summed E-state index contributed by atoms with van der Waals surface area (Å²) in [5, 5.41) is 16.6. The van der Waals surface area contributed by atoms with E-state index in [9.17, 15) is 9.90 Å². The van der Waals surface area contributed by atoms with Crippen molar-refractivity contribution in [1.29, 1.82) is 0 Å². The third-order valence-electron chi connectivity index (χ3n) is 3.31. The molecule has 2 aromatic rings.